The zero-order valence-electron chi connectivity index (χ0n) is 8.91. The first-order valence-electron chi connectivity index (χ1n) is 5.11. The second kappa shape index (κ2) is 3.53. The van der Waals surface area contributed by atoms with Gasteiger partial charge in [0.25, 0.3) is 0 Å². The van der Waals surface area contributed by atoms with E-state index in [1.807, 2.05) is 0 Å². The number of fused-ring (bicyclic) bond motifs is 3. The number of aromatic hydroxyl groups is 1. The number of phenols is 1. The van der Waals surface area contributed by atoms with Gasteiger partial charge < -0.3 is 9.52 Å². The maximum absolute atomic E-state index is 13.2. The van der Waals surface area contributed by atoms with Gasteiger partial charge in [0, 0.05) is 16.8 Å². The van der Waals surface area contributed by atoms with Crippen LogP contribution >= 0.6 is 0 Å². The molecule has 0 spiro atoms. The van der Waals surface area contributed by atoms with Gasteiger partial charge in [-0.2, -0.15) is 0 Å². The van der Waals surface area contributed by atoms with Crippen molar-refractivity contribution in [1.82, 2.24) is 0 Å². The molecule has 3 rings (SSSR count). The molecule has 3 nitrogen and oxygen atoms in total. The Balaban J connectivity index is 2.61. The minimum atomic E-state index is -1.10. The summed E-state index contributed by atoms with van der Waals surface area (Å²) in [7, 11) is 0. The van der Waals surface area contributed by atoms with Gasteiger partial charge in [0.1, 0.15) is 11.3 Å². The predicted molar refractivity (Wildman–Crippen MR) is 61.6 cm³/mol. The third-order valence-corrected chi connectivity index (χ3v) is 2.74. The quantitative estimate of drug-likeness (QED) is 0.491. The highest BCUT2D eigenvalue weighted by atomic mass is 19.2. The third kappa shape index (κ3) is 1.44. The van der Waals surface area contributed by atoms with Gasteiger partial charge in [0.2, 0.25) is 0 Å². The largest absolute Gasteiger partial charge is 0.508 e. The number of halogens is 2. The summed E-state index contributed by atoms with van der Waals surface area (Å²) in [5, 5.41) is 9.94. The summed E-state index contributed by atoms with van der Waals surface area (Å²) in [5.74, 6) is -2.22. The molecule has 0 saturated heterocycles. The second-order valence-corrected chi connectivity index (χ2v) is 3.88. The molecule has 0 saturated carbocycles. The Labute approximate surface area is 98.9 Å². The van der Waals surface area contributed by atoms with Gasteiger partial charge >= 0.3 is 5.63 Å². The Kier molecular flexibility index (Phi) is 2.10. The van der Waals surface area contributed by atoms with Gasteiger partial charge in [-0.3, -0.25) is 0 Å². The Morgan fingerprint density at radius 1 is 0.944 bits per heavy atom. The molecule has 0 aliphatic heterocycles. The van der Waals surface area contributed by atoms with Crippen LogP contribution in [0.15, 0.2) is 39.5 Å². The highest BCUT2D eigenvalue weighted by molar-refractivity contribution is 6.04. The summed E-state index contributed by atoms with van der Waals surface area (Å²) >= 11 is 0. The average molecular weight is 248 g/mol. The molecule has 3 aromatic rings. The van der Waals surface area contributed by atoms with Gasteiger partial charge in [-0.25, -0.2) is 13.6 Å². The molecule has 1 N–H and O–H groups in total. The van der Waals surface area contributed by atoms with Crippen LogP contribution in [0.4, 0.5) is 8.78 Å². The van der Waals surface area contributed by atoms with Crippen LogP contribution in [0.1, 0.15) is 0 Å². The molecular formula is C13H6F2O3. The van der Waals surface area contributed by atoms with Crippen molar-refractivity contribution in [3.63, 3.8) is 0 Å². The van der Waals surface area contributed by atoms with Crippen molar-refractivity contribution in [1.29, 1.82) is 0 Å². The molecule has 0 atom stereocenters. The van der Waals surface area contributed by atoms with E-state index in [4.69, 9.17) is 4.42 Å². The second-order valence-electron chi connectivity index (χ2n) is 3.88. The summed E-state index contributed by atoms with van der Waals surface area (Å²) < 4.78 is 31.3. The lowest BCUT2D eigenvalue weighted by Crippen LogP contribution is -2.01. The highest BCUT2D eigenvalue weighted by Gasteiger charge is 2.12. The first-order chi connectivity index (χ1) is 8.56. The third-order valence-electron chi connectivity index (χ3n) is 2.74. The van der Waals surface area contributed by atoms with Crippen LogP contribution in [0.3, 0.4) is 0 Å². The van der Waals surface area contributed by atoms with Gasteiger partial charge in [0.15, 0.2) is 11.6 Å². The topological polar surface area (TPSA) is 50.4 Å². The van der Waals surface area contributed by atoms with Crippen LogP contribution in [0.2, 0.25) is 0 Å². The molecule has 18 heavy (non-hydrogen) atoms. The average Bonchev–Trinajstić information content (AvgIpc) is 2.31. The first-order valence-corrected chi connectivity index (χ1v) is 5.11. The van der Waals surface area contributed by atoms with Gasteiger partial charge in [-0.05, 0) is 24.3 Å². The van der Waals surface area contributed by atoms with Crippen LogP contribution in [0.5, 0.6) is 5.75 Å². The molecular weight excluding hydrogens is 242 g/mol. The SMILES string of the molecule is O=c1oc2cc(O)ccc2c2cc(F)c(F)cc12. The molecule has 0 fully saturated rings. The standard InChI is InChI=1S/C13H6F2O3/c14-10-4-8-7-2-1-6(16)3-12(7)18-13(17)9(8)5-11(10)15/h1-5,16H. The van der Waals surface area contributed by atoms with Crippen molar-refractivity contribution in [2.24, 2.45) is 0 Å². The van der Waals surface area contributed by atoms with Gasteiger partial charge in [-0.1, -0.05) is 0 Å². The monoisotopic (exact) mass is 248 g/mol. The fourth-order valence-electron chi connectivity index (χ4n) is 1.91. The van der Waals surface area contributed by atoms with E-state index < -0.39 is 17.3 Å². The fourth-order valence-corrected chi connectivity index (χ4v) is 1.91. The van der Waals surface area contributed by atoms with Gasteiger partial charge in [-0.15, -0.1) is 0 Å². The normalized spacial score (nSPS) is 11.2. The fraction of sp³-hybridized carbons (Fsp3) is 0. The maximum atomic E-state index is 13.2. The van der Waals surface area contributed by atoms with E-state index in [2.05, 4.69) is 0 Å². The Hall–Kier alpha value is -2.43. The van der Waals surface area contributed by atoms with Crippen molar-refractivity contribution in [3.8, 4) is 5.75 Å². The number of phenolic OH excluding ortho intramolecular Hbond substituents is 1. The number of hydrogen-bond donors (Lipinski definition) is 1. The smallest absolute Gasteiger partial charge is 0.344 e. The number of benzene rings is 2. The lowest BCUT2D eigenvalue weighted by Gasteiger charge is -2.03. The Morgan fingerprint density at radius 2 is 1.61 bits per heavy atom. The summed E-state index contributed by atoms with van der Waals surface area (Å²) in [5.41, 5.74) is -0.652. The van der Waals surface area contributed by atoms with E-state index in [-0.39, 0.29) is 22.1 Å². The molecule has 5 heteroatoms. The molecule has 90 valence electrons. The molecule has 0 amide bonds. The van der Waals surface area contributed by atoms with Crippen LogP contribution in [-0.4, -0.2) is 5.11 Å². The molecule has 1 aromatic heterocycles. The van der Waals surface area contributed by atoms with Crippen LogP contribution < -0.4 is 5.63 Å². The lowest BCUT2D eigenvalue weighted by atomic mass is 10.1. The molecule has 0 radical (unpaired) electrons. The van der Waals surface area contributed by atoms with Gasteiger partial charge in [0.05, 0.1) is 5.39 Å². The Morgan fingerprint density at radius 3 is 2.33 bits per heavy atom. The van der Waals surface area contributed by atoms with E-state index >= 15 is 0 Å². The highest BCUT2D eigenvalue weighted by Crippen LogP contribution is 2.27. The zero-order chi connectivity index (χ0) is 12.9. The Bertz CT molecular complexity index is 837. The molecule has 0 unspecified atom stereocenters. The number of rotatable bonds is 0. The molecule has 1 heterocycles. The number of hydrogen-bond acceptors (Lipinski definition) is 3. The van der Waals surface area contributed by atoms with Crippen LogP contribution in [-0.2, 0) is 0 Å². The van der Waals surface area contributed by atoms with Crippen molar-refractivity contribution in [2.45, 2.75) is 0 Å². The molecule has 0 bridgehead atoms. The van der Waals surface area contributed by atoms with E-state index in [0.29, 0.717) is 5.39 Å². The van der Waals surface area contributed by atoms with Crippen molar-refractivity contribution in [2.75, 3.05) is 0 Å². The summed E-state index contributed by atoms with van der Waals surface area (Å²) in [6.07, 6.45) is 0. The van der Waals surface area contributed by atoms with Crippen molar-refractivity contribution < 1.29 is 18.3 Å². The summed E-state index contributed by atoms with van der Waals surface area (Å²) in [6, 6.07) is 5.86. The van der Waals surface area contributed by atoms with Crippen molar-refractivity contribution >= 4 is 21.7 Å². The summed E-state index contributed by atoms with van der Waals surface area (Å²) in [6.45, 7) is 0. The van der Waals surface area contributed by atoms with E-state index in [9.17, 15) is 18.7 Å². The molecule has 0 aliphatic carbocycles. The molecule has 0 aliphatic rings. The van der Waals surface area contributed by atoms with Crippen LogP contribution in [0, 0.1) is 11.6 Å². The van der Waals surface area contributed by atoms with E-state index in [1.165, 1.54) is 18.2 Å². The zero-order valence-corrected chi connectivity index (χ0v) is 8.91. The van der Waals surface area contributed by atoms with Crippen molar-refractivity contribution in [3.05, 3.63) is 52.4 Å². The minimum Gasteiger partial charge on any atom is -0.508 e. The maximum Gasteiger partial charge on any atom is 0.344 e. The minimum absolute atomic E-state index is 0.0351. The van der Waals surface area contributed by atoms with Crippen LogP contribution in [0.25, 0.3) is 21.7 Å². The van der Waals surface area contributed by atoms with E-state index in [1.54, 1.807) is 0 Å². The lowest BCUT2D eigenvalue weighted by molar-refractivity contribution is 0.473. The summed E-state index contributed by atoms with van der Waals surface area (Å²) in [4.78, 5) is 11.6. The predicted octanol–water partition coefficient (Wildman–Crippen LogP) is 2.93. The first kappa shape index (κ1) is 10.7. The molecule has 2 aromatic carbocycles. The van der Waals surface area contributed by atoms with E-state index in [0.717, 1.165) is 12.1 Å².